The summed E-state index contributed by atoms with van der Waals surface area (Å²) < 4.78 is 5.57. The lowest BCUT2D eigenvalue weighted by Gasteiger charge is -2.08. The third kappa shape index (κ3) is 7.77. The third-order valence-corrected chi connectivity index (χ3v) is 7.36. The zero-order chi connectivity index (χ0) is 25.9. The molecule has 0 aliphatic heterocycles. The van der Waals surface area contributed by atoms with Crippen LogP contribution in [0.25, 0.3) is 22.5 Å². The third-order valence-electron chi connectivity index (χ3n) is 6.26. The first-order chi connectivity index (χ1) is 18.2. The molecule has 0 fully saturated rings. The average molecular weight is 511 g/mol. The van der Waals surface area contributed by atoms with Crippen LogP contribution in [0.3, 0.4) is 0 Å². The van der Waals surface area contributed by atoms with Crippen molar-refractivity contribution in [1.29, 1.82) is 0 Å². The largest absolute Gasteiger partial charge is 0.423 e. The summed E-state index contributed by atoms with van der Waals surface area (Å²) in [7, 11) is 0. The summed E-state index contributed by atoms with van der Waals surface area (Å²) in [4.78, 5) is 22.8. The van der Waals surface area contributed by atoms with Crippen LogP contribution in [0.1, 0.15) is 61.9 Å². The van der Waals surface area contributed by atoms with Crippen molar-refractivity contribution >= 4 is 17.7 Å². The first-order valence-electron chi connectivity index (χ1n) is 13.1. The molecule has 1 aromatic heterocycles. The zero-order valence-electron chi connectivity index (χ0n) is 21.7. The molecule has 3 aromatic carbocycles. The summed E-state index contributed by atoms with van der Waals surface area (Å²) in [5.41, 5.74) is 4.70. The van der Waals surface area contributed by atoms with Gasteiger partial charge in [-0.25, -0.2) is 14.8 Å². The van der Waals surface area contributed by atoms with Crippen LogP contribution in [0, 0.1) is 0 Å². The van der Waals surface area contributed by atoms with E-state index in [1.165, 1.54) is 42.8 Å². The van der Waals surface area contributed by atoms with Gasteiger partial charge in [-0.3, -0.25) is 0 Å². The monoisotopic (exact) mass is 510 g/mol. The van der Waals surface area contributed by atoms with Gasteiger partial charge in [0.25, 0.3) is 0 Å². The van der Waals surface area contributed by atoms with E-state index in [2.05, 4.69) is 48.1 Å². The highest BCUT2D eigenvalue weighted by atomic mass is 32.2. The van der Waals surface area contributed by atoms with Crippen LogP contribution in [0.15, 0.2) is 90.1 Å². The number of esters is 1. The minimum absolute atomic E-state index is 0.381. The number of benzene rings is 3. The fourth-order valence-corrected chi connectivity index (χ4v) is 4.88. The molecular formula is C32H34N2O2S. The lowest BCUT2D eigenvalue weighted by molar-refractivity contribution is 0.0735. The second kappa shape index (κ2) is 13.8. The summed E-state index contributed by atoms with van der Waals surface area (Å²) >= 11 is 1.92. The van der Waals surface area contributed by atoms with E-state index in [0.717, 1.165) is 28.7 Å². The number of rotatable bonds is 12. The summed E-state index contributed by atoms with van der Waals surface area (Å²) in [6, 6.07) is 23.5. The van der Waals surface area contributed by atoms with Crippen molar-refractivity contribution in [2.24, 2.45) is 0 Å². The molecule has 5 heteroatoms. The van der Waals surface area contributed by atoms with Crippen molar-refractivity contribution in [1.82, 2.24) is 9.97 Å². The van der Waals surface area contributed by atoms with E-state index in [9.17, 15) is 4.79 Å². The van der Waals surface area contributed by atoms with Gasteiger partial charge in [0.05, 0.1) is 5.56 Å². The molecule has 0 unspecified atom stereocenters. The van der Waals surface area contributed by atoms with Gasteiger partial charge in [-0.05, 0) is 83.8 Å². The molecule has 1 heterocycles. The van der Waals surface area contributed by atoms with Gasteiger partial charge in [0.2, 0.25) is 0 Å². The summed E-state index contributed by atoms with van der Waals surface area (Å²) in [6.45, 7) is 4.32. The average Bonchev–Trinajstić information content (AvgIpc) is 2.96. The maximum absolute atomic E-state index is 12.7. The first kappa shape index (κ1) is 26.6. The SMILES string of the molecule is CCCCCCCSc1ccc(-c2ccc(C(=O)Oc3ccc(-c4ncc(CC)cn4)cc3)cc2)cc1. The Balaban J connectivity index is 1.30. The number of aromatic nitrogens is 2. The highest BCUT2D eigenvalue weighted by Crippen LogP contribution is 2.26. The molecule has 0 aliphatic carbocycles. The van der Waals surface area contributed by atoms with Gasteiger partial charge in [-0.2, -0.15) is 0 Å². The normalized spacial score (nSPS) is 10.9. The van der Waals surface area contributed by atoms with E-state index in [1.807, 2.05) is 60.6 Å². The smallest absolute Gasteiger partial charge is 0.343 e. The molecule has 4 aromatic rings. The second-order valence-corrected chi connectivity index (χ2v) is 10.2. The summed E-state index contributed by atoms with van der Waals surface area (Å²) in [5, 5.41) is 0. The maximum atomic E-state index is 12.7. The molecule has 0 N–H and O–H groups in total. The van der Waals surface area contributed by atoms with Gasteiger partial charge in [0, 0.05) is 22.9 Å². The molecule has 0 atom stereocenters. The predicted molar refractivity (Wildman–Crippen MR) is 153 cm³/mol. The fraction of sp³-hybridized carbons (Fsp3) is 0.281. The second-order valence-electron chi connectivity index (χ2n) is 9.05. The Morgan fingerprint density at radius 3 is 1.95 bits per heavy atom. The predicted octanol–water partition coefficient (Wildman–Crippen LogP) is 8.65. The Kier molecular flexibility index (Phi) is 9.89. The number of hydrogen-bond donors (Lipinski definition) is 0. The lowest BCUT2D eigenvalue weighted by atomic mass is 10.0. The van der Waals surface area contributed by atoms with Crippen LogP contribution >= 0.6 is 11.8 Å². The maximum Gasteiger partial charge on any atom is 0.343 e. The summed E-state index contributed by atoms with van der Waals surface area (Å²) in [5.74, 6) is 1.93. The van der Waals surface area contributed by atoms with Gasteiger partial charge in [0.15, 0.2) is 5.82 Å². The number of thioether (sulfide) groups is 1. The number of carbonyl (C=O) groups is 1. The Morgan fingerprint density at radius 1 is 0.730 bits per heavy atom. The Hall–Kier alpha value is -3.44. The van der Waals surface area contributed by atoms with E-state index in [0.29, 0.717) is 17.1 Å². The van der Waals surface area contributed by atoms with E-state index < -0.39 is 0 Å². The van der Waals surface area contributed by atoms with E-state index in [4.69, 9.17) is 4.74 Å². The molecular weight excluding hydrogens is 476 g/mol. The Labute approximate surface area is 224 Å². The number of aryl methyl sites for hydroxylation is 1. The molecule has 0 saturated heterocycles. The van der Waals surface area contributed by atoms with Crippen LogP contribution in [-0.4, -0.2) is 21.7 Å². The topological polar surface area (TPSA) is 52.1 Å². The van der Waals surface area contributed by atoms with Crippen molar-refractivity contribution in [3.8, 4) is 28.3 Å². The molecule has 4 rings (SSSR count). The standard InChI is InChI=1S/C32H34N2O2S/c1-3-5-6-7-8-21-37-30-19-15-26(16-20-30)25-9-11-28(12-10-25)32(35)36-29-17-13-27(14-18-29)31-33-22-24(4-2)23-34-31/h9-20,22-23H,3-8,21H2,1-2H3. The van der Waals surface area contributed by atoms with Crippen LogP contribution in [0.2, 0.25) is 0 Å². The van der Waals surface area contributed by atoms with Crippen molar-refractivity contribution in [3.05, 3.63) is 96.3 Å². The number of hydrogen-bond acceptors (Lipinski definition) is 5. The minimum atomic E-state index is -0.381. The van der Waals surface area contributed by atoms with Gasteiger partial charge in [0.1, 0.15) is 5.75 Å². The molecule has 190 valence electrons. The zero-order valence-corrected chi connectivity index (χ0v) is 22.5. The molecule has 0 saturated carbocycles. The van der Waals surface area contributed by atoms with Crippen LogP contribution in [0.5, 0.6) is 5.75 Å². The van der Waals surface area contributed by atoms with Crippen molar-refractivity contribution < 1.29 is 9.53 Å². The minimum Gasteiger partial charge on any atom is -0.423 e. The Bertz CT molecular complexity index is 1250. The highest BCUT2D eigenvalue weighted by Gasteiger charge is 2.10. The van der Waals surface area contributed by atoms with E-state index in [1.54, 1.807) is 12.1 Å². The van der Waals surface area contributed by atoms with Crippen molar-refractivity contribution in [2.45, 2.75) is 57.3 Å². The molecule has 0 radical (unpaired) electrons. The molecule has 37 heavy (non-hydrogen) atoms. The van der Waals surface area contributed by atoms with Gasteiger partial charge < -0.3 is 4.74 Å². The van der Waals surface area contributed by atoms with Crippen molar-refractivity contribution in [3.63, 3.8) is 0 Å². The van der Waals surface area contributed by atoms with Crippen LogP contribution < -0.4 is 4.74 Å². The highest BCUT2D eigenvalue weighted by molar-refractivity contribution is 7.99. The van der Waals surface area contributed by atoms with E-state index in [-0.39, 0.29) is 5.97 Å². The number of carbonyl (C=O) groups excluding carboxylic acids is 1. The Morgan fingerprint density at radius 2 is 1.32 bits per heavy atom. The number of ether oxygens (including phenoxy) is 1. The molecule has 0 spiro atoms. The van der Waals surface area contributed by atoms with Crippen LogP contribution in [-0.2, 0) is 6.42 Å². The first-order valence-corrected chi connectivity index (χ1v) is 14.1. The molecule has 0 amide bonds. The quantitative estimate of drug-likeness (QED) is 0.0826. The van der Waals surface area contributed by atoms with Gasteiger partial charge >= 0.3 is 5.97 Å². The van der Waals surface area contributed by atoms with Crippen LogP contribution in [0.4, 0.5) is 0 Å². The molecule has 0 aliphatic rings. The van der Waals surface area contributed by atoms with Gasteiger partial charge in [-0.15, -0.1) is 11.8 Å². The lowest BCUT2D eigenvalue weighted by Crippen LogP contribution is -2.08. The molecule has 4 nitrogen and oxygen atoms in total. The fourth-order valence-electron chi connectivity index (χ4n) is 3.96. The van der Waals surface area contributed by atoms with E-state index >= 15 is 0 Å². The van der Waals surface area contributed by atoms with Gasteiger partial charge in [-0.1, -0.05) is 63.8 Å². The van der Waals surface area contributed by atoms with Crippen molar-refractivity contribution in [2.75, 3.05) is 5.75 Å². The number of nitrogens with zero attached hydrogens (tertiary/aromatic N) is 2. The number of unbranched alkanes of at least 4 members (excludes halogenated alkanes) is 4. The molecule has 0 bridgehead atoms. The summed E-state index contributed by atoms with van der Waals surface area (Å²) in [6.07, 6.45) is 11.1.